The van der Waals surface area contributed by atoms with Crippen molar-refractivity contribution in [2.75, 3.05) is 0 Å². The number of aryl methyl sites for hydroxylation is 4. The van der Waals surface area contributed by atoms with Crippen molar-refractivity contribution in [3.05, 3.63) is 74.5 Å². The first kappa shape index (κ1) is 15.2. The minimum Gasteiger partial charge on any atom is -0.291 e. The number of H-pyrrole nitrogens is 1. The standard InChI is InChI=1S/C18H20N4O/c1-11-7-5-6-8-15(11)10-16-14(4)19-18(20-17(16)23)22-13(3)9-12(2)21-22/h5-9H,10H2,1-4H3,(H,19,20,23). The summed E-state index contributed by atoms with van der Waals surface area (Å²) in [5.41, 5.74) is 5.48. The predicted molar refractivity (Wildman–Crippen MR) is 90.2 cm³/mol. The van der Waals surface area contributed by atoms with Crippen LogP contribution in [0.2, 0.25) is 0 Å². The number of nitrogens with zero attached hydrogens (tertiary/aromatic N) is 3. The van der Waals surface area contributed by atoms with Gasteiger partial charge >= 0.3 is 0 Å². The van der Waals surface area contributed by atoms with Gasteiger partial charge in [-0.1, -0.05) is 24.3 Å². The van der Waals surface area contributed by atoms with Gasteiger partial charge in [-0.25, -0.2) is 9.67 Å². The molecule has 0 atom stereocenters. The molecule has 0 aliphatic carbocycles. The first-order chi connectivity index (χ1) is 11.0. The first-order valence-corrected chi connectivity index (χ1v) is 7.63. The Morgan fingerprint density at radius 1 is 1.13 bits per heavy atom. The second-order valence-electron chi connectivity index (χ2n) is 5.90. The lowest BCUT2D eigenvalue weighted by Crippen LogP contribution is -2.21. The zero-order valence-corrected chi connectivity index (χ0v) is 13.8. The largest absolute Gasteiger partial charge is 0.291 e. The molecule has 0 aliphatic heterocycles. The van der Waals surface area contributed by atoms with Gasteiger partial charge in [0.2, 0.25) is 5.95 Å². The molecule has 0 radical (unpaired) electrons. The van der Waals surface area contributed by atoms with Gasteiger partial charge in [-0.3, -0.25) is 9.78 Å². The van der Waals surface area contributed by atoms with Crippen LogP contribution in [0.3, 0.4) is 0 Å². The van der Waals surface area contributed by atoms with Crippen LogP contribution in [0.5, 0.6) is 0 Å². The number of benzene rings is 1. The van der Waals surface area contributed by atoms with Crippen LogP contribution in [-0.2, 0) is 6.42 Å². The molecule has 118 valence electrons. The molecular formula is C18H20N4O. The molecule has 23 heavy (non-hydrogen) atoms. The maximum Gasteiger partial charge on any atom is 0.256 e. The van der Waals surface area contributed by atoms with E-state index in [1.807, 2.05) is 45.0 Å². The molecule has 0 saturated carbocycles. The highest BCUT2D eigenvalue weighted by Crippen LogP contribution is 2.14. The quantitative estimate of drug-likeness (QED) is 0.809. The van der Waals surface area contributed by atoms with E-state index < -0.39 is 0 Å². The van der Waals surface area contributed by atoms with Crippen molar-refractivity contribution >= 4 is 0 Å². The molecule has 3 aromatic rings. The Morgan fingerprint density at radius 2 is 1.87 bits per heavy atom. The highest BCUT2D eigenvalue weighted by atomic mass is 16.1. The van der Waals surface area contributed by atoms with Crippen molar-refractivity contribution < 1.29 is 0 Å². The Balaban J connectivity index is 2.03. The molecule has 1 aromatic carbocycles. The number of hydrogen-bond donors (Lipinski definition) is 1. The van der Waals surface area contributed by atoms with Gasteiger partial charge < -0.3 is 0 Å². The van der Waals surface area contributed by atoms with Crippen molar-refractivity contribution in [3.8, 4) is 5.95 Å². The third kappa shape index (κ3) is 2.95. The molecule has 0 aliphatic rings. The van der Waals surface area contributed by atoms with Gasteiger partial charge in [0, 0.05) is 17.7 Å². The molecule has 2 heterocycles. The van der Waals surface area contributed by atoms with E-state index in [1.54, 1.807) is 4.68 Å². The molecule has 0 bridgehead atoms. The lowest BCUT2D eigenvalue weighted by molar-refractivity contribution is 0.756. The van der Waals surface area contributed by atoms with Gasteiger partial charge in [-0.15, -0.1) is 0 Å². The summed E-state index contributed by atoms with van der Waals surface area (Å²) < 4.78 is 1.67. The molecule has 5 heteroatoms. The Kier molecular flexibility index (Phi) is 3.86. The van der Waals surface area contributed by atoms with E-state index in [0.29, 0.717) is 17.9 Å². The van der Waals surface area contributed by atoms with E-state index in [1.165, 1.54) is 5.56 Å². The Hall–Kier alpha value is -2.69. The van der Waals surface area contributed by atoms with E-state index in [2.05, 4.69) is 28.1 Å². The minimum atomic E-state index is -0.108. The highest BCUT2D eigenvalue weighted by Gasteiger charge is 2.13. The smallest absolute Gasteiger partial charge is 0.256 e. The van der Waals surface area contributed by atoms with Gasteiger partial charge in [0.25, 0.3) is 5.56 Å². The second kappa shape index (κ2) is 5.83. The van der Waals surface area contributed by atoms with Crippen LogP contribution in [0.15, 0.2) is 35.1 Å². The average Bonchev–Trinajstić information content (AvgIpc) is 2.83. The molecule has 0 unspecified atom stereocenters. The van der Waals surface area contributed by atoms with Crippen molar-refractivity contribution in [3.63, 3.8) is 0 Å². The van der Waals surface area contributed by atoms with Crippen LogP contribution < -0.4 is 5.56 Å². The minimum absolute atomic E-state index is 0.108. The molecule has 5 nitrogen and oxygen atoms in total. The topological polar surface area (TPSA) is 63.6 Å². The third-order valence-electron chi connectivity index (χ3n) is 4.05. The molecule has 0 spiro atoms. The van der Waals surface area contributed by atoms with Gasteiger partial charge in [0.1, 0.15) is 0 Å². The summed E-state index contributed by atoms with van der Waals surface area (Å²) in [4.78, 5) is 19.9. The maximum atomic E-state index is 12.5. The number of nitrogens with one attached hydrogen (secondary N) is 1. The van der Waals surface area contributed by atoms with Gasteiger partial charge in [0.05, 0.1) is 11.4 Å². The van der Waals surface area contributed by atoms with Crippen LogP contribution in [0.1, 0.15) is 33.8 Å². The fraction of sp³-hybridized carbons (Fsp3) is 0.278. The summed E-state index contributed by atoms with van der Waals surface area (Å²) in [7, 11) is 0. The molecule has 3 rings (SSSR count). The van der Waals surface area contributed by atoms with Crippen LogP contribution in [0.4, 0.5) is 0 Å². The van der Waals surface area contributed by atoms with Crippen molar-refractivity contribution in [1.82, 2.24) is 19.7 Å². The number of rotatable bonds is 3. The van der Waals surface area contributed by atoms with E-state index >= 15 is 0 Å². The maximum absolute atomic E-state index is 12.5. The van der Waals surface area contributed by atoms with E-state index in [0.717, 1.165) is 22.6 Å². The molecule has 0 amide bonds. The van der Waals surface area contributed by atoms with E-state index in [4.69, 9.17) is 0 Å². The Labute approximate surface area is 135 Å². The Bertz CT molecular complexity index is 921. The molecular weight excluding hydrogens is 288 g/mol. The van der Waals surface area contributed by atoms with Gasteiger partial charge in [-0.05, 0) is 44.9 Å². The van der Waals surface area contributed by atoms with Crippen LogP contribution >= 0.6 is 0 Å². The highest BCUT2D eigenvalue weighted by molar-refractivity contribution is 5.33. The lowest BCUT2D eigenvalue weighted by atomic mass is 10.0. The fourth-order valence-corrected chi connectivity index (χ4v) is 2.75. The number of aromatic nitrogens is 4. The molecule has 2 aromatic heterocycles. The fourth-order valence-electron chi connectivity index (χ4n) is 2.75. The average molecular weight is 308 g/mol. The molecule has 1 N–H and O–H groups in total. The number of aromatic amines is 1. The third-order valence-corrected chi connectivity index (χ3v) is 4.05. The normalized spacial score (nSPS) is 11.0. The van der Waals surface area contributed by atoms with Crippen molar-refractivity contribution in [2.45, 2.75) is 34.1 Å². The molecule has 0 saturated heterocycles. The summed E-state index contributed by atoms with van der Waals surface area (Å²) in [5, 5.41) is 4.37. The van der Waals surface area contributed by atoms with Crippen LogP contribution in [0, 0.1) is 27.7 Å². The lowest BCUT2D eigenvalue weighted by Gasteiger charge is -2.10. The van der Waals surface area contributed by atoms with Crippen LogP contribution in [0.25, 0.3) is 5.95 Å². The van der Waals surface area contributed by atoms with Gasteiger partial charge in [-0.2, -0.15) is 5.10 Å². The van der Waals surface area contributed by atoms with E-state index in [9.17, 15) is 4.79 Å². The van der Waals surface area contributed by atoms with Crippen molar-refractivity contribution in [1.29, 1.82) is 0 Å². The zero-order valence-electron chi connectivity index (χ0n) is 13.8. The van der Waals surface area contributed by atoms with E-state index in [-0.39, 0.29) is 5.56 Å². The SMILES string of the molecule is Cc1cc(C)n(-c2nc(C)c(Cc3ccccc3C)c(=O)[nH]2)n1. The first-order valence-electron chi connectivity index (χ1n) is 7.63. The monoisotopic (exact) mass is 308 g/mol. The zero-order chi connectivity index (χ0) is 16.6. The summed E-state index contributed by atoms with van der Waals surface area (Å²) >= 11 is 0. The summed E-state index contributed by atoms with van der Waals surface area (Å²) in [6, 6.07) is 10.0. The summed E-state index contributed by atoms with van der Waals surface area (Å²) in [6.07, 6.45) is 0.582. The van der Waals surface area contributed by atoms with Crippen molar-refractivity contribution in [2.24, 2.45) is 0 Å². The summed E-state index contributed by atoms with van der Waals surface area (Å²) in [6.45, 7) is 7.78. The predicted octanol–water partition coefficient (Wildman–Crippen LogP) is 2.78. The van der Waals surface area contributed by atoms with Gasteiger partial charge in [0.15, 0.2) is 0 Å². The molecule has 0 fully saturated rings. The number of hydrogen-bond acceptors (Lipinski definition) is 3. The Morgan fingerprint density at radius 3 is 2.48 bits per heavy atom. The summed E-state index contributed by atoms with van der Waals surface area (Å²) in [5.74, 6) is 0.464. The van der Waals surface area contributed by atoms with Crippen LogP contribution in [-0.4, -0.2) is 19.7 Å². The second-order valence-corrected chi connectivity index (χ2v) is 5.90.